The van der Waals surface area contributed by atoms with Gasteiger partial charge in [-0.15, -0.1) is 0 Å². The standard InChI is InChI=1S/C23H20FN5O2S/c24-18-6-10-22(11-7-18)32-28-19-8-4-17(5-9-19)23(30)27-20-2-1-3-21(14-20)31-13-12-29-16-25-15-26-29/h1-11,14-16,28H,12-13H2,(H,27,30). The highest BCUT2D eigenvalue weighted by molar-refractivity contribution is 8.00. The number of carbonyl (C=O) groups is 1. The first-order valence-corrected chi connectivity index (χ1v) is 10.6. The van der Waals surface area contributed by atoms with Gasteiger partial charge in [-0.25, -0.2) is 14.1 Å². The Labute approximate surface area is 188 Å². The van der Waals surface area contributed by atoms with Crippen LogP contribution in [0, 0.1) is 5.82 Å². The Kier molecular flexibility index (Phi) is 6.98. The number of rotatable bonds is 9. The lowest BCUT2D eigenvalue weighted by Gasteiger charge is -2.10. The third kappa shape index (κ3) is 6.08. The maximum atomic E-state index is 13.0. The van der Waals surface area contributed by atoms with Crippen LogP contribution in [0.25, 0.3) is 0 Å². The van der Waals surface area contributed by atoms with Crippen LogP contribution in [-0.2, 0) is 6.54 Å². The number of carbonyl (C=O) groups excluding carboxylic acids is 1. The molecule has 0 fully saturated rings. The van der Waals surface area contributed by atoms with Crippen LogP contribution < -0.4 is 14.8 Å². The van der Waals surface area contributed by atoms with Crippen LogP contribution in [0.5, 0.6) is 5.75 Å². The average Bonchev–Trinajstić information content (AvgIpc) is 3.33. The minimum absolute atomic E-state index is 0.220. The maximum absolute atomic E-state index is 13.0. The smallest absolute Gasteiger partial charge is 0.255 e. The van der Waals surface area contributed by atoms with Crippen molar-refractivity contribution in [3.8, 4) is 5.75 Å². The summed E-state index contributed by atoms with van der Waals surface area (Å²) in [5.74, 6) is 0.163. The molecule has 9 heteroatoms. The van der Waals surface area contributed by atoms with Gasteiger partial charge in [0, 0.05) is 27.9 Å². The Morgan fingerprint density at radius 3 is 2.59 bits per heavy atom. The summed E-state index contributed by atoms with van der Waals surface area (Å²) in [6, 6.07) is 20.5. The first-order chi connectivity index (χ1) is 15.7. The van der Waals surface area contributed by atoms with Gasteiger partial charge in [-0.3, -0.25) is 4.79 Å². The third-order valence-corrected chi connectivity index (χ3v) is 5.24. The largest absolute Gasteiger partial charge is 0.492 e. The van der Waals surface area contributed by atoms with E-state index >= 15 is 0 Å². The highest BCUT2D eigenvalue weighted by atomic mass is 32.2. The zero-order valence-corrected chi connectivity index (χ0v) is 17.8. The van der Waals surface area contributed by atoms with E-state index in [1.807, 2.05) is 24.3 Å². The number of nitrogens with one attached hydrogen (secondary N) is 2. The molecule has 3 aromatic carbocycles. The Hall–Kier alpha value is -3.85. The van der Waals surface area contributed by atoms with E-state index in [4.69, 9.17) is 4.74 Å². The number of nitrogens with zero attached hydrogens (tertiary/aromatic N) is 3. The minimum atomic E-state index is -0.270. The summed E-state index contributed by atoms with van der Waals surface area (Å²) in [6.45, 7) is 1.02. The molecule has 1 amide bonds. The number of halogens is 1. The molecule has 0 aliphatic heterocycles. The summed E-state index contributed by atoms with van der Waals surface area (Å²) < 4.78 is 23.6. The molecular formula is C23H20FN5O2S. The number of anilines is 2. The van der Waals surface area contributed by atoms with Gasteiger partial charge >= 0.3 is 0 Å². The average molecular weight is 450 g/mol. The Morgan fingerprint density at radius 2 is 1.84 bits per heavy atom. The molecule has 1 heterocycles. The molecule has 0 aliphatic rings. The lowest BCUT2D eigenvalue weighted by Crippen LogP contribution is -2.12. The van der Waals surface area contributed by atoms with E-state index in [-0.39, 0.29) is 11.7 Å². The highest BCUT2D eigenvalue weighted by Crippen LogP contribution is 2.22. The second-order valence-corrected chi connectivity index (χ2v) is 7.60. The number of aromatic nitrogens is 3. The Balaban J connectivity index is 1.29. The summed E-state index contributed by atoms with van der Waals surface area (Å²) in [5, 5.41) is 6.90. The van der Waals surface area contributed by atoms with Crippen LogP contribution in [0.15, 0.2) is 90.3 Å². The predicted molar refractivity (Wildman–Crippen MR) is 122 cm³/mol. The first kappa shape index (κ1) is 21.4. The van der Waals surface area contributed by atoms with Crippen molar-refractivity contribution in [3.05, 3.63) is 96.8 Å². The second kappa shape index (κ2) is 10.5. The van der Waals surface area contributed by atoms with E-state index in [1.54, 1.807) is 47.4 Å². The molecule has 4 aromatic rings. The van der Waals surface area contributed by atoms with Crippen molar-refractivity contribution < 1.29 is 13.9 Å². The van der Waals surface area contributed by atoms with Crippen molar-refractivity contribution in [1.82, 2.24) is 14.8 Å². The van der Waals surface area contributed by atoms with Crippen molar-refractivity contribution in [1.29, 1.82) is 0 Å². The molecule has 1 aromatic heterocycles. The normalized spacial score (nSPS) is 10.5. The van der Waals surface area contributed by atoms with Crippen molar-refractivity contribution in [3.63, 3.8) is 0 Å². The number of benzene rings is 3. The van der Waals surface area contributed by atoms with Crippen LogP contribution in [0.3, 0.4) is 0 Å². The summed E-state index contributed by atoms with van der Waals surface area (Å²) >= 11 is 1.37. The van der Waals surface area contributed by atoms with E-state index in [2.05, 4.69) is 20.1 Å². The zero-order chi connectivity index (χ0) is 22.2. The molecule has 0 bridgehead atoms. The van der Waals surface area contributed by atoms with Gasteiger partial charge in [0.25, 0.3) is 5.91 Å². The molecule has 0 aliphatic carbocycles. The molecule has 0 unspecified atom stereocenters. The quantitative estimate of drug-likeness (QED) is 0.355. The number of ether oxygens (including phenoxy) is 1. The Bertz CT molecular complexity index is 1150. The van der Waals surface area contributed by atoms with E-state index < -0.39 is 0 Å². The van der Waals surface area contributed by atoms with Gasteiger partial charge in [0.05, 0.1) is 6.54 Å². The predicted octanol–water partition coefficient (Wildman–Crippen LogP) is 4.87. The molecule has 0 radical (unpaired) electrons. The lowest BCUT2D eigenvalue weighted by molar-refractivity contribution is 0.102. The van der Waals surface area contributed by atoms with E-state index in [0.717, 1.165) is 10.6 Å². The third-order valence-electron chi connectivity index (χ3n) is 4.40. The molecule has 0 atom stereocenters. The molecule has 0 saturated heterocycles. The molecular weight excluding hydrogens is 429 g/mol. The maximum Gasteiger partial charge on any atom is 0.255 e. The van der Waals surface area contributed by atoms with E-state index in [0.29, 0.717) is 30.2 Å². The van der Waals surface area contributed by atoms with Crippen LogP contribution in [0.4, 0.5) is 15.8 Å². The SMILES string of the molecule is O=C(Nc1cccc(OCCn2cncn2)c1)c1ccc(NSc2ccc(F)cc2)cc1. The van der Waals surface area contributed by atoms with Crippen molar-refractivity contribution in [2.45, 2.75) is 11.4 Å². The van der Waals surface area contributed by atoms with Gasteiger partial charge in [0.2, 0.25) is 0 Å². The van der Waals surface area contributed by atoms with Gasteiger partial charge in [-0.05, 0) is 72.6 Å². The van der Waals surface area contributed by atoms with Gasteiger partial charge in [0.15, 0.2) is 0 Å². The van der Waals surface area contributed by atoms with Crippen molar-refractivity contribution in [2.75, 3.05) is 16.6 Å². The minimum Gasteiger partial charge on any atom is -0.492 e. The van der Waals surface area contributed by atoms with Crippen molar-refractivity contribution in [2.24, 2.45) is 0 Å². The molecule has 162 valence electrons. The fourth-order valence-electron chi connectivity index (χ4n) is 2.78. The van der Waals surface area contributed by atoms with Crippen LogP contribution in [0.2, 0.25) is 0 Å². The van der Waals surface area contributed by atoms with Gasteiger partial charge in [-0.2, -0.15) is 5.10 Å². The van der Waals surface area contributed by atoms with E-state index in [9.17, 15) is 9.18 Å². The van der Waals surface area contributed by atoms with Crippen LogP contribution in [-0.4, -0.2) is 27.3 Å². The van der Waals surface area contributed by atoms with Crippen LogP contribution >= 0.6 is 11.9 Å². The molecule has 7 nitrogen and oxygen atoms in total. The van der Waals surface area contributed by atoms with Crippen molar-refractivity contribution >= 4 is 29.2 Å². The van der Waals surface area contributed by atoms with E-state index in [1.165, 1.54) is 30.4 Å². The fourth-order valence-corrected chi connectivity index (χ4v) is 3.43. The number of hydrogen-bond acceptors (Lipinski definition) is 6. The highest BCUT2D eigenvalue weighted by Gasteiger charge is 2.07. The summed E-state index contributed by atoms with van der Waals surface area (Å²) in [7, 11) is 0. The number of hydrogen-bond donors (Lipinski definition) is 2. The topological polar surface area (TPSA) is 81.1 Å². The zero-order valence-electron chi connectivity index (χ0n) is 16.9. The number of amides is 1. The Morgan fingerprint density at radius 1 is 1.03 bits per heavy atom. The lowest BCUT2D eigenvalue weighted by atomic mass is 10.2. The van der Waals surface area contributed by atoms with Gasteiger partial charge in [-0.1, -0.05) is 6.07 Å². The summed E-state index contributed by atoms with van der Waals surface area (Å²) in [5.41, 5.74) is 2.00. The molecule has 4 rings (SSSR count). The molecule has 32 heavy (non-hydrogen) atoms. The monoisotopic (exact) mass is 449 g/mol. The second-order valence-electron chi connectivity index (χ2n) is 6.72. The summed E-state index contributed by atoms with van der Waals surface area (Å²) in [4.78, 5) is 17.4. The summed E-state index contributed by atoms with van der Waals surface area (Å²) in [6.07, 6.45) is 3.10. The van der Waals surface area contributed by atoms with Crippen LogP contribution in [0.1, 0.15) is 10.4 Å². The first-order valence-electron chi connectivity index (χ1n) is 9.81. The van der Waals surface area contributed by atoms with Gasteiger partial charge < -0.3 is 14.8 Å². The molecule has 2 N–H and O–H groups in total. The molecule has 0 saturated carbocycles. The van der Waals surface area contributed by atoms with Gasteiger partial charge in [0.1, 0.15) is 30.8 Å². The fraction of sp³-hybridized carbons (Fsp3) is 0.0870. The molecule has 0 spiro atoms.